The summed E-state index contributed by atoms with van der Waals surface area (Å²) in [4.78, 5) is 14.8. The van der Waals surface area contributed by atoms with Crippen LogP contribution >= 0.6 is 0 Å². The lowest BCUT2D eigenvalue weighted by atomic mass is 9.73. The number of hydrogen-bond donors (Lipinski definition) is 1. The van der Waals surface area contributed by atoms with Crippen LogP contribution < -0.4 is 10.2 Å². The number of aromatic nitrogens is 2. The number of hydrogen-bond acceptors (Lipinski definition) is 5. The monoisotopic (exact) mass is 392 g/mol. The number of ether oxygens (including phenoxy) is 1. The molecule has 3 aliphatic heterocycles. The summed E-state index contributed by atoms with van der Waals surface area (Å²) in [6.45, 7) is 6.50. The van der Waals surface area contributed by atoms with Crippen LogP contribution in [0, 0.1) is 25.7 Å². The van der Waals surface area contributed by atoms with Gasteiger partial charge in [0.2, 0.25) is 5.91 Å². The molecule has 1 spiro atoms. The van der Waals surface area contributed by atoms with E-state index in [2.05, 4.69) is 39.5 Å². The summed E-state index contributed by atoms with van der Waals surface area (Å²) in [6.07, 6.45) is 2.89. The van der Waals surface area contributed by atoms with Crippen molar-refractivity contribution in [1.29, 1.82) is 0 Å². The first-order valence-corrected chi connectivity index (χ1v) is 10.6. The topological polar surface area (TPSA) is 67.4 Å². The number of fused-ring (bicyclic) bond motifs is 1. The number of carbonyl (C=O) groups is 1. The van der Waals surface area contributed by atoms with E-state index in [4.69, 9.17) is 4.74 Å². The lowest BCUT2D eigenvalue weighted by Crippen LogP contribution is -2.42. The maximum absolute atomic E-state index is 12.5. The van der Waals surface area contributed by atoms with Gasteiger partial charge in [0.15, 0.2) is 5.82 Å². The molecule has 3 fully saturated rings. The van der Waals surface area contributed by atoms with Gasteiger partial charge in [0.25, 0.3) is 0 Å². The highest BCUT2D eigenvalue weighted by Gasteiger charge is 2.63. The van der Waals surface area contributed by atoms with Crippen LogP contribution in [-0.2, 0) is 16.0 Å². The number of nitrogens with zero attached hydrogens (tertiary/aromatic N) is 3. The van der Waals surface area contributed by atoms with Crippen molar-refractivity contribution in [2.45, 2.75) is 44.8 Å². The molecule has 1 aromatic carbocycles. The number of carbonyl (C=O) groups excluding carboxylic acids is 1. The van der Waals surface area contributed by atoms with Crippen molar-refractivity contribution in [2.24, 2.45) is 11.8 Å². The van der Waals surface area contributed by atoms with Gasteiger partial charge in [-0.15, -0.1) is 5.10 Å². The minimum absolute atomic E-state index is 0.0798. The van der Waals surface area contributed by atoms with Crippen molar-refractivity contribution in [3.63, 3.8) is 0 Å². The van der Waals surface area contributed by atoms with E-state index in [9.17, 15) is 4.79 Å². The maximum Gasteiger partial charge on any atom is 0.224 e. The molecule has 3 saturated heterocycles. The molecule has 4 atom stereocenters. The van der Waals surface area contributed by atoms with E-state index in [1.54, 1.807) is 0 Å². The van der Waals surface area contributed by atoms with Crippen molar-refractivity contribution < 1.29 is 9.53 Å². The zero-order valence-electron chi connectivity index (χ0n) is 17.1. The van der Waals surface area contributed by atoms with Crippen LogP contribution in [0.15, 0.2) is 36.4 Å². The minimum atomic E-state index is -0.0798. The van der Waals surface area contributed by atoms with E-state index in [1.807, 2.05) is 31.2 Å². The Hall–Kier alpha value is -2.47. The lowest BCUT2D eigenvalue weighted by molar-refractivity contribution is -0.120. The van der Waals surface area contributed by atoms with Gasteiger partial charge in [-0.2, -0.15) is 5.10 Å². The third kappa shape index (κ3) is 3.39. The molecule has 1 amide bonds. The molecular formula is C23H28N4O2. The Balaban J connectivity index is 1.23. The van der Waals surface area contributed by atoms with Crippen LogP contribution in [-0.4, -0.2) is 47.4 Å². The molecule has 0 radical (unpaired) electrons. The molecule has 1 N–H and O–H groups in total. The Morgan fingerprint density at radius 1 is 1.21 bits per heavy atom. The van der Waals surface area contributed by atoms with Crippen molar-refractivity contribution >= 4 is 11.7 Å². The molecule has 4 heterocycles. The Bertz CT molecular complexity index is 898. The fraction of sp³-hybridized carbons (Fsp3) is 0.522. The fourth-order valence-electron chi connectivity index (χ4n) is 5.38. The highest BCUT2D eigenvalue weighted by atomic mass is 16.5. The van der Waals surface area contributed by atoms with E-state index in [0.29, 0.717) is 24.8 Å². The number of amides is 1. The Kier molecular flexibility index (Phi) is 4.54. The molecule has 2 aromatic rings. The summed E-state index contributed by atoms with van der Waals surface area (Å²) in [5.74, 6) is 1.82. The lowest BCUT2D eigenvalue weighted by Gasteiger charge is -2.29. The van der Waals surface area contributed by atoms with Crippen LogP contribution in [0.25, 0.3) is 0 Å². The van der Waals surface area contributed by atoms with E-state index < -0.39 is 0 Å². The van der Waals surface area contributed by atoms with Gasteiger partial charge in [0.05, 0.1) is 23.8 Å². The summed E-state index contributed by atoms with van der Waals surface area (Å²) in [5, 5.41) is 11.8. The summed E-state index contributed by atoms with van der Waals surface area (Å²) in [7, 11) is 0. The van der Waals surface area contributed by atoms with Crippen molar-refractivity contribution in [3.05, 3.63) is 53.2 Å². The van der Waals surface area contributed by atoms with Gasteiger partial charge in [-0.25, -0.2) is 0 Å². The second-order valence-corrected chi connectivity index (χ2v) is 8.91. The summed E-state index contributed by atoms with van der Waals surface area (Å²) >= 11 is 0. The zero-order chi connectivity index (χ0) is 20.0. The molecule has 29 heavy (non-hydrogen) atoms. The van der Waals surface area contributed by atoms with Gasteiger partial charge in [0.1, 0.15) is 0 Å². The number of aryl methyl sites for hydroxylation is 2. The normalized spacial score (nSPS) is 29.9. The van der Waals surface area contributed by atoms with Gasteiger partial charge in [-0.05, 0) is 44.4 Å². The van der Waals surface area contributed by atoms with Crippen LogP contribution in [0.5, 0.6) is 0 Å². The van der Waals surface area contributed by atoms with Gasteiger partial charge in [-0.1, -0.05) is 29.8 Å². The van der Waals surface area contributed by atoms with Crippen molar-refractivity contribution in [2.75, 3.05) is 24.5 Å². The third-order valence-electron chi connectivity index (χ3n) is 6.91. The molecule has 5 rings (SSSR count). The van der Waals surface area contributed by atoms with Crippen LogP contribution in [0.1, 0.15) is 29.7 Å². The molecule has 3 aliphatic rings. The second-order valence-electron chi connectivity index (χ2n) is 8.91. The number of anilines is 1. The number of benzene rings is 1. The Labute approximate surface area is 171 Å². The van der Waals surface area contributed by atoms with E-state index in [1.165, 1.54) is 5.56 Å². The molecule has 2 bridgehead atoms. The Morgan fingerprint density at radius 3 is 2.79 bits per heavy atom. The summed E-state index contributed by atoms with van der Waals surface area (Å²) in [5.41, 5.74) is 3.11. The highest BCUT2D eigenvalue weighted by molar-refractivity contribution is 5.78. The number of rotatable bonds is 5. The van der Waals surface area contributed by atoms with Crippen LogP contribution in [0.3, 0.4) is 0 Å². The maximum atomic E-state index is 12.5. The molecule has 1 aromatic heterocycles. The largest absolute Gasteiger partial charge is 0.369 e. The average Bonchev–Trinajstić information content (AvgIpc) is 3.37. The number of nitrogens with one attached hydrogen (secondary N) is 1. The van der Waals surface area contributed by atoms with Crippen molar-refractivity contribution in [3.8, 4) is 0 Å². The average molecular weight is 393 g/mol. The first kappa shape index (κ1) is 18.6. The van der Waals surface area contributed by atoms with E-state index in [-0.39, 0.29) is 17.6 Å². The SMILES string of the molecule is Cc1ccc(CC(=O)NC[C@H]2[C@H]3CN(c4ccc(C)nn4)C[C@]34CC[C@H]2O4)cc1. The third-order valence-corrected chi connectivity index (χ3v) is 6.91. The van der Waals surface area contributed by atoms with Gasteiger partial charge >= 0.3 is 0 Å². The second kappa shape index (κ2) is 7.10. The highest BCUT2D eigenvalue weighted by Crippen LogP contribution is 2.55. The quantitative estimate of drug-likeness (QED) is 0.847. The van der Waals surface area contributed by atoms with Crippen molar-refractivity contribution in [1.82, 2.24) is 15.5 Å². The molecule has 0 unspecified atom stereocenters. The van der Waals surface area contributed by atoms with Gasteiger partial charge in [0, 0.05) is 31.5 Å². The standard InChI is InChI=1S/C23H28N4O2/c1-15-3-6-17(7-4-15)11-22(28)24-12-18-19-13-27(21-8-5-16(2)25-26-21)14-23(19)10-9-20(18)29-23/h3-8,18-20H,9-14H2,1-2H3,(H,24,28)/t18-,19+,20+,23+/m0/s1. The van der Waals surface area contributed by atoms with Crippen LogP contribution in [0.2, 0.25) is 0 Å². The zero-order valence-corrected chi connectivity index (χ0v) is 17.1. The molecule has 0 saturated carbocycles. The predicted molar refractivity (Wildman–Crippen MR) is 111 cm³/mol. The Morgan fingerprint density at radius 2 is 2.03 bits per heavy atom. The van der Waals surface area contributed by atoms with Crippen LogP contribution in [0.4, 0.5) is 5.82 Å². The smallest absolute Gasteiger partial charge is 0.224 e. The fourth-order valence-corrected chi connectivity index (χ4v) is 5.38. The van der Waals surface area contributed by atoms with Gasteiger partial charge < -0.3 is 15.0 Å². The first-order chi connectivity index (χ1) is 14.0. The molecular weight excluding hydrogens is 364 g/mol. The summed E-state index contributed by atoms with van der Waals surface area (Å²) < 4.78 is 6.49. The van der Waals surface area contributed by atoms with E-state index >= 15 is 0 Å². The molecule has 6 heteroatoms. The van der Waals surface area contributed by atoms with Gasteiger partial charge in [-0.3, -0.25) is 4.79 Å². The van der Waals surface area contributed by atoms with E-state index in [0.717, 1.165) is 43.0 Å². The predicted octanol–water partition coefficient (Wildman–Crippen LogP) is 2.44. The molecule has 152 valence electrons. The first-order valence-electron chi connectivity index (χ1n) is 10.6. The summed E-state index contributed by atoms with van der Waals surface area (Å²) in [6, 6.07) is 12.2. The molecule has 0 aliphatic carbocycles. The molecule has 6 nitrogen and oxygen atoms in total. The minimum Gasteiger partial charge on any atom is -0.369 e.